The summed E-state index contributed by atoms with van der Waals surface area (Å²) in [5, 5.41) is 7.63. The number of nitrogens with one attached hydrogen (secondary N) is 2. The fourth-order valence-electron chi connectivity index (χ4n) is 3.45. The van der Waals surface area contributed by atoms with Crippen LogP contribution in [0.15, 0.2) is 54.6 Å². The molecule has 4 rings (SSSR count). The van der Waals surface area contributed by atoms with Crippen LogP contribution in [-0.2, 0) is 0 Å². The molecule has 1 aromatic heterocycles. The van der Waals surface area contributed by atoms with Gasteiger partial charge in [0.15, 0.2) is 0 Å². The molecule has 0 bridgehead atoms. The highest BCUT2D eigenvalue weighted by Gasteiger charge is 2.17. The van der Waals surface area contributed by atoms with Crippen molar-refractivity contribution in [3.63, 3.8) is 0 Å². The molecule has 0 saturated heterocycles. The Balaban J connectivity index is 1.69. The first kappa shape index (κ1) is 17.8. The largest absolute Gasteiger partial charge is 0.351 e. The van der Waals surface area contributed by atoms with E-state index in [1.807, 2.05) is 42.5 Å². The zero-order valence-electron chi connectivity index (χ0n) is 15.4. The minimum absolute atomic E-state index is 0.455. The predicted molar refractivity (Wildman–Crippen MR) is 113 cm³/mol. The highest BCUT2D eigenvalue weighted by Crippen LogP contribution is 2.28. The van der Waals surface area contributed by atoms with Gasteiger partial charge in [-0.1, -0.05) is 60.8 Å². The number of hydrogen-bond acceptors (Lipinski definition) is 4. The third-order valence-electron chi connectivity index (χ3n) is 4.95. The highest BCUT2D eigenvalue weighted by atomic mass is 35.5. The summed E-state index contributed by atoms with van der Waals surface area (Å²) in [6.45, 7) is 2.05. The standard InChI is InChI=1S/C22H23ClN4/c1-15-11-12-17(23)13-19(15)25-21-14-20(16-7-3-2-4-8-16)26-22(27-21)24-18-9-5-6-10-18/h2-4,7-8,11-14,18H,5-6,9-10H2,1H3,(H2,24,25,26,27). The van der Waals surface area contributed by atoms with E-state index in [2.05, 4.69) is 29.7 Å². The molecule has 0 unspecified atom stereocenters. The maximum Gasteiger partial charge on any atom is 0.225 e. The number of aryl methyl sites for hydroxylation is 1. The molecule has 27 heavy (non-hydrogen) atoms. The quantitative estimate of drug-likeness (QED) is 0.554. The molecule has 0 aliphatic heterocycles. The van der Waals surface area contributed by atoms with Gasteiger partial charge in [-0.25, -0.2) is 4.98 Å². The first-order valence-corrected chi connectivity index (χ1v) is 9.79. The van der Waals surface area contributed by atoms with Crippen molar-refractivity contribution in [3.8, 4) is 11.3 Å². The number of nitrogens with zero attached hydrogens (tertiary/aromatic N) is 2. The molecule has 0 spiro atoms. The van der Waals surface area contributed by atoms with Crippen LogP contribution in [0.1, 0.15) is 31.2 Å². The molecule has 1 aliphatic rings. The monoisotopic (exact) mass is 378 g/mol. The lowest BCUT2D eigenvalue weighted by molar-refractivity contribution is 0.744. The van der Waals surface area contributed by atoms with E-state index in [1.165, 1.54) is 25.7 Å². The van der Waals surface area contributed by atoms with Crippen molar-refractivity contribution in [1.29, 1.82) is 0 Å². The van der Waals surface area contributed by atoms with Gasteiger partial charge in [0.1, 0.15) is 5.82 Å². The SMILES string of the molecule is Cc1ccc(Cl)cc1Nc1cc(-c2ccccc2)nc(NC2CCCC2)n1. The summed E-state index contributed by atoms with van der Waals surface area (Å²) in [6.07, 6.45) is 4.88. The number of anilines is 3. The Morgan fingerprint density at radius 3 is 2.52 bits per heavy atom. The van der Waals surface area contributed by atoms with E-state index in [0.29, 0.717) is 17.0 Å². The van der Waals surface area contributed by atoms with Crippen LogP contribution < -0.4 is 10.6 Å². The third-order valence-corrected chi connectivity index (χ3v) is 5.18. The molecule has 0 amide bonds. The first-order valence-electron chi connectivity index (χ1n) is 9.41. The first-order chi connectivity index (χ1) is 13.2. The van der Waals surface area contributed by atoms with Crippen LogP contribution in [0.4, 0.5) is 17.5 Å². The van der Waals surface area contributed by atoms with Crippen LogP contribution in [0.2, 0.25) is 5.02 Å². The van der Waals surface area contributed by atoms with E-state index in [4.69, 9.17) is 21.6 Å². The van der Waals surface area contributed by atoms with Gasteiger partial charge in [0.05, 0.1) is 5.69 Å². The molecule has 1 aliphatic carbocycles. The van der Waals surface area contributed by atoms with E-state index in [0.717, 1.165) is 28.3 Å². The predicted octanol–water partition coefficient (Wildman–Crippen LogP) is 6.20. The fourth-order valence-corrected chi connectivity index (χ4v) is 3.62. The molecule has 0 atom stereocenters. The van der Waals surface area contributed by atoms with Gasteiger partial charge in [-0.15, -0.1) is 0 Å². The Bertz CT molecular complexity index is 921. The van der Waals surface area contributed by atoms with Crippen molar-refractivity contribution in [2.24, 2.45) is 0 Å². The average Bonchev–Trinajstić information content (AvgIpc) is 3.18. The van der Waals surface area contributed by atoms with Crippen molar-refractivity contribution in [1.82, 2.24) is 9.97 Å². The second-order valence-corrected chi connectivity index (χ2v) is 7.47. The van der Waals surface area contributed by atoms with Crippen molar-refractivity contribution >= 4 is 29.1 Å². The summed E-state index contributed by atoms with van der Waals surface area (Å²) in [4.78, 5) is 9.47. The average molecular weight is 379 g/mol. The van der Waals surface area contributed by atoms with Gasteiger partial charge in [-0.05, 0) is 37.5 Å². The van der Waals surface area contributed by atoms with E-state index in [1.54, 1.807) is 0 Å². The van der Waals surface area contributed by atoms with Gasteiger partial charge in [-0.3, -0.25) is 0 Å². The van der Waals surface area contributed by atoms with Crippen molar-refractivity contribution in [3.05, 3.63) is 65.2 Å². The van der Waals surface area contributed by atoms with Crippen molar-refractivity contribution < 1.29 is 0 Å². The summed E-state index contributed by atoms with van der Waals surface area (Å²) in [5.74, 6) is 1.43. The third kappa shape index (κ3) is 4.40. The number of rotatable bonds is 5. The summed E-state index contributed by atoms with van der Waals surface area (Å²) >= 11 is 6.17. The minimum atomic E-state index is 0.455. The molecule has 2 N–H and O–H groups in total. The molecule has 1 fully saturated rings. The molecule has 0 radical (unpaired) electrons. The number of benzene rings is 2. The number of hydrogen-bond donors (Lipinski definition) is 2. The lowest BCUT2D eigenvalue weighted by Crippen LogP contribution is -2.17. The molecule has 5 heteroatoms. The van der Waals surface area contributed by atoms with Gasteiger partial charge in [0.25, 0.3) is 0 Å². The minimum Gasteiger partial charge on any atom is -0.351 e. The van der Waals surface area contributed by atoms with E-state index in [9.17, 15) is 0 Å². The molecule has 4 nitrogen and oxygen atoms in total. The summed E-state index contributed by atoms with van der Waals surface area (Å²) in [6, 6.07) is 18.4. The lowest BCUT2D eigenvalue weighted by atomic mass is 10.1. The molecule has 138 valence electrons. The second-order valence-electron chi connectivity index (χ2n) is 7.04. The second kappa shape index (κ2) is 7.97. The fraction of sp³-hybridized carbons (Fsp3) is 0.273. The van der Waals surface area contributed by atoms with E-state index >= 15 is 0 Å². The van der Waals surface area contributed by atoms with Crippen LogP contribution in [0.25, 0.3) is 11.3 Å². The van der Waals surface area contributed by atoms with Crippen LogP contribution in [0.5, 0.6) is 0 Å². The van der Waals surface area contributed by atoms with Gasteiger partial charge in [-0.2, -0.15) is 4.98 Å². The van der Waals surface area contributed by atoms with Crippen molar-refractivity contribution in [2.75, 3.05) is 10.6 Å². The number of halogens is 1. The van der Waals surface area contributed by atoms with Gasteiger partial charge in [0.2, 0.25) is 5.95 Å². The van der Waals surface area contributed by atoms with E-state index in [-0.39, 0.29) is 0 Å². The molecular weight excluding hydrogens is 356 g/mol. The maximum atomic E-state index is 6.17. The molecule has 1 saturated carbocycles. The Hall–Kier alpha value is -2.59. The molecule has 2 aromatic carbocycles. The maximum absolute atomic E-state index is 6.17. The summed E-state index contributed by atoms with van der Waals surface area (Å²) in [7, 11) is 0. The van der Waals surface area contributed by atoms with Crippen LogP contribution in [-0.4, -0.2) is 16.0 Å². The van der Waals surface area contributed by atoms with Crippen molar-refractivity contribution in [2.45, 2.75) is 38.6 Å². The van der Waals surface area contributed by atoms with Crippen LogP contribution >= 0.6 is 11.6 Å². The van der Waals surface area contributed by atoms with Gasteiger partial charge in [0, 0.05) is 28.4 Å². The molecular formula is C22H23ClN4. The van der Waals surface area contributed by atoms with E-state index < -0.39 is 0 Å². The van der Waals surface area contributed by atoms with Gasteiger partial charge >= 0.3 is 0 Å². The molecule has 1 heterocycles. The van der Waals surface area contributed by atoms with Crippen LogP contribution in [0.3, 0.4) is 0 Å². The summed E-state index contributed by atoms with van der Waals surface area (Å²) < 4.78 is 0. The summed E-state index contributed by atoms with van der Waals surface area (Å²) in [5.41, 5.74) is 4.03. The zero-order chi connectivity index (χ0) is 18.6. The molecule has 3 aromatic rings. The Kier molecular flexibility index (Phi) is 5.26. The topological polar surface area (TPSA) is 49.8 Å². The number of aromatic nitrogens is 2. The zero-order valence-corrected chi connectivity index (χ0v) is 16.1. The Labute approximate surface area is 165 Å². The smallest absolute Gasteiger partial charge is 0.225 e. The van der Waals surface area contributed by atoms with Crippen LogP contribution in [0, 0.1) is 6.92 Å². The van der Waals surface area contributed by atoms with Gasteiger partial charge < -0.3 is 10.6 Å². The highest BCUT2D eigenvalue weighted by molar-refractivity contribution is 6.30. The normalized spacial score (nSPS) is 14.3. The Morgan fingerprint density at radius 1 is 0.963 bits per heavy atom. The Morgan fingerprint density at radius 2 is 1.74 bits per heavy atom. The lowest BCUT2D eigenvalue weighted by Gasteiger charge is -2.16.